The van der Waals surface area contributed by atoms with E-state index in [9.17, 15) is 4.39 Å². The van der Waals surface area contributed by atoms with E-state index in [1.54, 1.807) is 0 Å². The maximum atomic E-state index is 12.7. The fraction of sp³-hybridized carbons (Fsp3) is 0.250. The summed E-state index contributed by atoms with van der Waals surface area (Å²) in [5, 5.41) is 3.37. The number of anilines is 1. The van der Waals surface area contributed by atoms with Gasteiger partial charge >= 0.3 is 0 Å². The second kappa shape index (κ2) is 6.20. The van der Waals surface area contributed by atoms with Gasteiger partial charge in [0.05, 0.1) is 0 Å². The van der Waals surface area contributed by atoms with Gasteiger partial charge in [-0.2, -0.15) is 0 Å². The number of hydrogen-bond acceptors (Lipinski definition) is 1. The zero-order chi connectivity index (χ0) is 12.8. The number of halogens is 1. The summed E-state index contributed by atoms with van der Waals surface area (Å²) in [7, 11) is 0. The third-order valence-electron chi connectivity index (χ3n) is 3.02. The van der Waals surface area contributed by atoms with Gasteiger partial charge in [-0.25, -0.2) is 4.39 Å². The van der Waals surface area contributed by atoms with Crippen molar-refractivity contribution in [1.82, 2.24) is 0 Å². The number of aryl methyl sites for hydroxylation is 1. The first kappa shape index (κ1) is 12.6. The van der Waals surface area contributed by atoms with Crippen LogP contribution >= 0.6 is 0 Å². The SMILES string of the molecule is CCc1ccc(NCCc2ccc(F)cc2)cc1. The van der Waals surface area contributed by atoms with Gasteiger partial charge in [0.2, 0.25) is 0 Å². The molecule has 0 bridgehead atoms. The summed E-state index contributed by atoms with van der Waals surface area (Å²) in [6.07, 6.45) is 1.96. The molecule has 0 unspecified atom stereocenters. The molecule has 0 fully saturated rings. The van der Waals surface area contributed by atoms with Crippen LogP contribution in [0.15, 0.2) is 48.5 Å². The van der Waals surface area contributed by atoms with Gasteiger partial charge in [-0.05, 0) is 48.2 Å². The van der Waals surface area contributed by atoms with Crippen molar-refractivity contribution in [2.24, 2.45) is 0 Å². The van der Waals surface area contributed by atoms with Crippen molar-refractivity contribution in [1.29, 1.82) is 0 Å². The van der Waals surface area contributed by atoms with Crippen molar-refractivity contribution >= 4 is 5.69 Å². The van der Waals surface area contributed by atoms with Crippen molar-refractivity contribution < 1.29 is 4.39 Å². The average molecular weight is 243 g/mol. The first-order chi connectivity index (χ1) is 8.78. The van der Waals surface area contributed by atoms with Crippen LogP contribution in [0.2, 0.25) is 0 Å². The molecule has 0 spiro atoms. The average Bonchev–Trinajstić information content (AvgIpc) is 2.42. The van der Waals surface area contributed by atoms with Gasteiger partial charge in [-0.1, -0.05) is 31.2 Å². The molecule has 0 heterocycles. The van der Waals surface area contributed by atoms with E-state index in [4.69, 9.17) is 0 Å². The lowest BCUT2D eigenvalue weighted by atomic mass is 10.1. The Morgan fingerprint density at radius 3 is 2.11 bits per heavy atom. The second-order valence-electron chi connectivity index (χ2n) is 4.35. The third kappa shape index (κ3) is 3.59. The van der Waals surface area contributed by atoms with Crippen LogP contribution in [0.5, 0.6) is 0 Å². The molecular weight excluding hydrogens is 225 g/mol. The predicted molar refractivity (Wildman–Crippen MR) is 74.4 cm³/mol. The van der Waals surface area contributed by atoms with Gasteiger partial charge in [-0.3, -0.25) is 0 Å². The molecule has 2 aromatic carbocycles. The van der Waals surface area contributed by atoms with Crippen molar-refractivity contribution in [3.05, 3.63) is 65.5 Å². The minimum Gasteiger partial charge on any atom is -0.385 e. The highest BCUT2D eigenvalue weighted by Gasteiger charge is 1.95. The Hall–Kier alpha value is -1.83. The van der Waals surface area contributed by atoms with Gasteiger partial charge in [0.1, 0.15) is 5.82 Å². The van der Waals surface area contributed by atoms with E-state index in [2.05, 4.69) is 36.5 Å². The van der Waals surface area contributed by atoms with Crippen LogP contribution in [0.3, 0.4) is 0 Å². The van der Waals surface area contributed by atoms with Gasteiger partial charge in [0.25, 0.3) is 0 Å². The van der Waals surface area contributed by atoms with Crippen LogP contribution in [0, 0.1) is 5.82 Å². The lowest BCUT2D eigenvalue weighted by molar-refractivity contribution is 0.627. The van der Waals surface area contributed by atoms with Gasteiger partial charge in [-0.15, -0.1) is 0 Å². The van der Waals surface area contributed by atoms with E-state index < -0.39 is 0 Å². The first-order valence-electron chi connectivity index (χ1n) is 6.35. The highest BCUT2D eigenvalue weighted by Crippen LogP contribution is 2.10. The van der Waals surface area contributed by atoms with Crippen molar-refractivity contribution in [2.75, 3.05) is 11.9 Å². The van der Waals surface area contributed by atoms with Crippen LogP contribution in [0.1, 0.15) is 18.1 Å². The maximum Gasteiger partial charge on any atom is 0.123 e. The zero-order valence-corrected chi connectivity index (χ0v) is 10.6. The largest absolute Gasteiger partial charge is 0.385 e. The first-order valence-corrected chi connectivity index (χ1v) is 6.35. The van der Waals surface area contributed by atoms with E-state index in [1.807, 2.05) is 12.1 Å². The van der Waals surface area contributed by atoms with Gasteiger partial charge in [0, 0.05) is 12.2 Å². The maximum absolute atomic E-state index is 12.7. The fourth-order valence-electron chi connectivity index (χ4n) is 1.86. The van der Waals surface area contributed by atoms with Crippen molar-refractivity contribution in [3.63, 3.8) is 0 Å². The van der Waals surface area contributed by atoms with Crippen molar-refractivity contribution in [3.8, 4) is 0 Å². The van der Waals surface area contributed by atoms with Crippen LogP contribution in [0.4, 0.5) is 10.1 Å². The van der Waals surface area contributed by atoms with E-state index >= 15 is 0 Å². The normalized spacial score (nSPS) is 10.3. The number of nitrogens with one attached hydrogen (secondary N) is 1. The van der Waals surface area contributed by atoms with Gasteiger partial charge < -0.3 is 5.32 Å². The summed E-state index contributed by atoms with van der Waals surface area (Å²) in [6, 6.07) is 15.2. The van der Waals surface area contributed by atoms with Crippen molar-refractivity contribution in [2.45, 2.75) is 19.8 Å². The molecule has 0 saturated carbocycles. The van der Waals surface area contributed by atoms with Crippen LogP contribution in [-0.2, 0) is 12.8 Å². The summed E-state index contributed by atoms with van der Waals surface area (Å²) in [5.74, 6) is -0.179. The van der Waals surface area contributed by atoms with Crippen LogP contribution in [-0.4, -0.2) is 6.54 Å². The molecule has 0 atom stereocenters. The molecule has 1 nitrogen and oxygen atoms in total. The Kier molecular flexibility index (Phi) is 4.35. The molecule has 0 aliphatic heterocycles. The molecule has 2 rings (SSSR count). The molecule has 94 valence electrons. The Bertz CT molecular complexity index is 473. The standard InChI is InChI=1S/C16H18FN/c1-2-13-5-9-16(10-6-13)18-12-11-14-3-7-15(17)8-4-14/h3-10,18H,2,11-12H2,1H3. The molecule has 0 amide bonds. The molecule has 0 radical (unpaired) electrons. The monoisotopic (exact) mass is 243 g/mol. The quantitative estimate of drug-likeness (QED) is 0.835. The summed E-state index contributed by atoms with van der Waals surface area (Å²) < 4.78 is 12.7. The molecule has 0 aromatic heterocycles. The Balaban J connectivity index is 1.82. The molecule has 2 heteroatoms. The topological polar surface area (TPSA) is 12.0 Å². The summed E-state index contributed by atoms with van der Waals surface area (Å²) in [6.45, 7) is 3.01. The van der Waals surface area contributed by atoms with Crippen LogP contribution in [0.25, 0.3) is 0 Å². The summed E-state index contributed by atoms with van der Waals surface area (Å²) in [4.78, 5) is 0. The number of benzene rings is 2. The molecule has 1 N–H and O–H groups in total. The fourth-order valence-corrected chi connectivity index (χ4v) is 1.86. The number of hydrogen-bond donors (Lipinski definition) is 1. The molecular formula is C16H18FN. The van der Waals surface area contributed by atoms with E-state index in [0.29, 0.717) is 0 Å². The third-order valence-corrected chi connectivity index (χ3v) is 3.02. The molecule has 0 aliphatic rings. The van der Waals surface area contributed by atoms with Crippen LogP contribution < -0.4 is 5.32 Å². The van der Waals surface area contributed by atoms with E-state index in [-0.39, 0.29) is 5.82 Å². The highest BCUT2D eigenvalue weighted by atomic mass is 19.1. The molecule has 0 aliphatic carbocycles. The minimum absolute atomic E-state index is 0.179. The number of rotatable bonds is 5. The Morgan fingerprint density at radius 2 is 1.50 bits per heavy atom. The smallest absolute Gasteiger partial charge is 0.123 e. The van der Waals surface area contributed by atoms with Gasteiger partial charge in [0.15, 0.2) is 0 Å². The van der Waals surface area contributed by atoms with E-state index in [0.717, 1.165) is 30.6 Å². The zero-order valence-electron chi connectivity index (χ0n) is 10.6. The molecule has 0 saturated heterocycles. The minimum atomic E-state index is -0.179. The lowest BCUT2D eigenvalue weighted by Crippen LogP contribution is -2.04. The summed E-state index contributed by atoms with van der Waals surface area (Å²) in [5.41, 5.74) is 3.63. The molecule has 18 heavy (non-hydrogen) atoms. The summed E-state index contributed by atoms with van der Waals surface area (Å²) >= 11 is 0. The van der Waals surface area contributed by atoms with E-state index in [1.165, 1.54) is 17.7 Å². The molecule has 2 aromatic rings. The second-order valence-corrected chi connectivity index (χ2v) is 4.35. The predicted octanol–water partition coefficient (Wildman–Crippen LogP) is 4.04. The Morgan fingerprint density at radius 1 is 0.889 bits per heavy atom. The Labute approximate surface area is 108 Å². The highest BCUT2D eigenvalue weighted by molar-refractivity contribution is 5.44. The lowest BCUT2D eigenvalue weighted by Gasteiger charge is -2.07.